The van der Waals surface area contributed by atoms with Gasteiger partial charge in [-0.15, -0.1) is 0 Å². The molecule has 0 heterocycles. The van der Waals surface area contributed by atoms with E-state index in [2.05, 4.69) is 29.2 Å². The van der Waals surface area contributed by atoms with Crippen LogP contribution >= 0.6 is 9.24 Å². The second kappa shape index (κ2) is 3.73. The molecule has 1 atom stereocenters. The summed E-state index contributed by atoms with van der Waals surface area (Å²) in [6.45, 7) is 4.16. The Morgan fingerprint density at radius 2 is 2.09 bits per heavy atom. The quantitative estimate of drug-likeness (QED) is 0.616. The SMILES string of the molecule is Cc1cccc(OCP)c1C. The van der Waals surface area contributed by atoms with Gasteiger partial charge in [0.15, 0.2) is 0 Å². The Morgan fingerprint density at radius 3 is 2.73 bits per heavy atom. The number of aryl methyl sites for hydroxylation is 1. The highest BCUT2D eigenvalue weighted by atomic mass is 31.0. The Bertz CT molecular complexity index is 245. The molecule has 0 N–H and O–H groups in total. The number of benzene rings is 1. The van der Waals surface area contributed by atoms with Crippen LogP contribution in [0.15, 0.2) is 18.2 Å². The van der Waals surface area contributed by atoms with E-state index < -0.39 is 0 Å². The summed E-state index contributed by atoms with van der Waals surface area (Å²) in [6, 6.07) is 6.09. The predicted octanol–water partition coefficient (Wildman–Crippen LogP) is 2.51. The maximum Gasteiger partial charge on any atom is 0.122 e. The number of hydrogen-bond donors (Lipinski definition) is 0. The summed E-state index contributed by atoms with van der Waals surface area (Å²) in [7, 11) is 2.54. The third-order valence-electron chi connectivity index (χ3n) is 1.79. The van der Waals surface area contributed by atoms with E-state index in [1.54, 1.807) is 0 Å². The summed E-state index contributed by atoms with van der Waals surface area (Å²) in [5.74, 6) is 0.986. The van der Waals surface area contributed by atoms with Gasteiger partial charge >= 0.3 is 0 Å². The van der Waals surface area contributed by atoms with Crippen molar-refractivity contribution >= 4 is 9.24 Å². The van der Waals surface area contributed by atoms with Crippen LogP contribution in [-0.2, 0) is 0 Å². The minimum absolute atomic E-state index is 0.657. The highest BCUT2D eigenvalue weighted by Gasteiger charge is 1.98. The monoisotopic (exact) mass is 168 g/mol. The maximum absolute atomic E-state index is 5.38. The highest BCUT2D eigenvalue weighted by Crippen LogP contribution is 2.20. The van der Waals surface area contributed by atoms with Gasteiger partial charge in [-0.25, -0.2) is 0 Å². The van der Waals surface area contributed by atoms with E-state index in [9.17, 15) is 0 Å². The minimum atomic E-state index is 0.657. The van der Waals surface area contributed by atoms with Gasteiger partial charge in [0, 0.05) is 0 Å². The molecule has 60 valence electrons. The van der Waals surface area contributed by atoms with Crippen molar-refractivity contribution in [3.05, 3.63) is 29.3 Å². The van der Waals surface area contributed by atoms with E-state index in [0.29, 0.717) is 6.35 Å². The molecule has 1 nitrogen and oxygen atoms in total. The molecule has 0 aromatic heterocycles. The van der Waals surface area contributed by atoms with Crippen molar-refractivity contribution in [2.24, 2.45) is 0 Å². The van der Waals surface area contributed by atoms with E-state index >= 15 is 0 Å². The van der Waals surface area contributed by atoms with Crippen LogP contribution in [0.5, 0.6) is 5.75 Å². The Labute approximate surface area is 70.0 Å². The molecule has 0 aliphatic rings. The third kappa shape index (κ3) is 1.94. The number of rotatable bonds is 2. The van der Waals surface area contributed by atoms with Crippen LogP contribution in [0, 0.1) is 13.8 Å². The first-order valence-corrected chi connectivity index (χ1v) is 4.46. The third-order valence-corrected chi connectivity index (χ3v) is 1.96. The van der Waals surface area contributed by atoms with Gasteiger partial charge in [0.1, 0.15) is 12.1 Å². The van der Waals surface area contributed by atoms with E-state index in [-0.39, 0.29) is 0 Å². The van der Waals surface area contributed by atoms with Gasteiger partial charge in [-0.05, 0) is 31.0 Å². The topological polar surface area (TPSA) is 9.23 Å². The zero-order valence-electron chi connectivity index (χ0n) is 6.92. The molecule has 0 amide bonds. The van der Waals surface area contributed by atoms with Crippen molar-refractivity contribution in [3.63, 3.8) is 0 Å². The maximum atomic E-state index is 5.38. The van der Waals surface area contributed by atoms with Crippen molar-refractivity contribution in [2.45, 2.75) is 13.8 Å². The second-order valence-corrected chi connectivity index (χ2v) is 2.84. The summed E-state index contributed by atoms with van der Waals surface area (Å²) in [5.41, 5.74) is 2.51. The lowest BCUT2D eigenvalue weighted by Gasteiger charge is -2.07. The molecule has 1 aromatic rings. The first kappa shape index (κ1) is 8.55. The summed E-state index contributed by atoms with van der Waals surface area (Å²) in [6.07, 6.45) is 0.657. The Morgan fingerprint density at radius 1 is 1.36 bits per heavy atom. The van der Waals surface area contributed by atoms with E-state index in [4.69, 9.17) is 4.74 Å². The molecule has 2 heteroatoms. The van der Waals surface area contributed by atoms with Crippen molar-refractivity contribution in [2.75, 3.05) is 6.35 Å². The van der Waals surface area contributed by atoms with E-state index in [0.717, 1.165) is 5.75 Å². The summed E-state index contributed by atoms with van der Waals surface area (Å²) in [4.78, 5) is 0. The van der Waals surface area contributed by atoms with E-state index in [1.165, 1.54) is 11.1 Å². The fourth-order valence-corrected chi connectivity index (χ4v) is 1.15. The fourth-order valence-electron chi connectivity index (χ4n) is 0.970. The van der Waals surface area contributed by atoms with Gasteiger partial charge in [0.2, 0.25) is 0 Å². The lowest BCUT2D eigenvalue weighted by Crippen LogP contribution is -1.92. The molecule has 1 rings (SSSR count). The first-order valence-electron chi connectivity index (χ1n) is 3.65. The van der Waals surface area contributed by atoms with Crippen molar-refractivity contribution in [3.8, 4) is 5.75 Å². The molecule has 0 spiro atoms. The van der Waals surface area contributed by atoms with Gasteiger partial charge in [-0.1, -0.05) is 21.4 Å². The van der Waals surface area contributed by atoms with Crippen LogP contribution in [0.1, 0.15) is 11.1 Å². The summed E-state index contributed by atoms with van der Waals surface area (Å²) < 4.78 is 5.38. The molecule has 0 radical (unpaired) electrons. The zero-order valence-corrected chi connectivity index (χ0v) is 8.08. The smallest absolute Gasteiger partial charge is 0.122 e. The normalized spacial score (nSPS) is 9.73. The van der Waals surface area contributed by atoms with Crippen LogP contribution in [0.2, 0.25) is 0 Å². The lowest BCUT2D eigenvalue weighted by atomic mass is 10.1. The molecule has 0 aliphatic heterocycles. The van der Waals surface area contributed by atoms with Crippen molar-refractivity contribution in [1.29, 1.82) is 0 Å². The fraction of sp³-hybridized carbons (Fsp3) is 0.333. The van der Waals surface area contributed by atoms with Crippen molar-refractivity contribution < 1.29 is 4.74 Å². The van der Waals surface area contributed by atoms with Gasteiger partial charge in [0.05, 0.1) is 0 Å². The Kier molecular flexibility index (Phi) is 2.90. The average Bonchev–Trinajstić information content (AvgIpc) is 1.99. The standard InChI is InChI=1S/C9H13OP/c1-7-4-3-5-9(8(7)2)10-6-11/h3-5H,6,11H2,1-2H3. The highest BCUT2D eigenvalue weighted by molar-refractivity contribution is 7.16. The predicted molar refractivity (Wildman–Crippen MR) is 51.1 cm³/mol. The largest absolute Gasteiger partial charge is 0.489 e. The summed E-state index contributed by atoms with van der Waals surface area (Å²) >= 11 is 0. The van der Waals surface area contributed by atoms with Gasteiger partial charge < -0.3 is 4.74 Å². The lowest BCUT2D eigenvalue weighted by molar-refractivity contribution is 0.389. The number of hydrogen-bond acceptors (Lipinski definition) is 1. The second-order valence-electron chi connectivity index (χ2n) is 2.51. The van der Waals surface area contributed by atoms with Crippen LogP contribution in [0.3, 0.4) is 0 Å². The summed E-state index contributed by atoms with van der Waals surface area (Å²) in [5, 5.41) is 0. The Balaban J connectivity index is 2.96. The molecule has 0 bridgehead atoms. The molecule has 0 fully saturated rings. The van der Waals surface area contributed by atoms with Crippen LogP contribution < -0.4 is 4.74 Å². The van der Waals surface area contributed by atoms with E-state index in [1.807, 2.05) is 12.1 Å². The molecular weight excluding hydrogens is 155 g/mol. The average molecular weight is 168 g/mol. The van der Waals surface area contributed by atoms with Crippen LogP contribution in [0.4, 0.5) is 0 Å². The first-order chi connectivity index (χ1) is 5.25. The van der Waals surface area contributed by atoms with Gasteiger partial charge in [-0.3, -0.25) is 0 Å². The van der Waals surface area contributed by atoms with Crippen LogP contribution in [-0.4, -0.2) is 6.35 Å². The molecule has 11 heavy (non-hydrogen) atoms. The van der Waals surface area contributed by atoms with Gasteiger partial charge in [0.25, 0.3) is 0 Å². The molecule has 1 aromatic carbocycles. The van der Waals surface area contributed by atoms with Crippen molar-refractivity contribution in [1.82, 2.24) is 0 Å². The number of ether oxygens (including phenoxy) is 1. The van der Waals surface area contributed by atoms with Gasteiger partial charge in [-0.2, -0.15) is 0 Å². The minimum Gasteiger partial charge on any atom is -0.489 e. The Hall–Kier alpha value is -0.550. The molecule has 0 saturated carbocycles. The molecular formula is C9H13OP. The molecule has 0 aliphatic carbocycles. The zero-order chi connectivity index (χ0) is 8.27. The van der Waals surface area contributed by atoms with Crippen LogP contribution in [0.25, 0.3) is 0 Å². The molecule has 1 unspecified atom stereocenters. The molecule has 0 saturated heterocycles.